The summed E-state index contributed by atoms with van der Waals surface area (Å²) in [4.78, 5) is 0. The SMILES string of the molecule is CC(C)Cc1ccc(/C(N)=C/C=C(\N)C(C)C)cc1. The molecule has 1 rings (SSSR count). The number of nitrogens with two attached hydrogens (primary N) is 2. The van der Waals surface area contributed by atoms with E-state index in [9.17, 15) is 0 Å². The van der Waals surface area contributed by atoms with E-state index in [0.29, 0.717) is 11.8 Å². The summed E-state index contributed by atoms with van der Waals surface area (Å²) in [6, 6.07) is 8.43. The van der Waals surface area contributed by atoms with E-state index in [1.54, 1.807) is 0 Å². The van der Waals surface area contributed by atoms with Gasteiger partial charge in [0.2, 0.25) is 0 Å². The minimum absolute atomic E-state index is 0.345. The van der Waals surface area contributed by atoms with Gasteiger partial charge in [-0.1, -0.05) is 52.0 Å². The monoisotopic (exact) mass is 258 g/mol. The summed E-state index contributed by atoms with van der Waals surface area (Å²) >= 11 is 0. The second-order valence-electron chi connectivity index (χ2n) is 5.74. The van der Waals surface area contributed by atoms with Crippen LogP contribution in [-0.2, 0) is 6.42 Å². The van der Waals surface area contributed by atoms with Crippen molar-refractivity contribution in [2.75, 3.05) is 0 Å². The largest absolute Gasteiger partial charge is 0.402 e. The fourth-order valence-corrected chi connectivity index (χ4v) is 1.78. The van der Waals surface area contributed by atoms with Gasteiger partial charge in [-0.3, -0.25) is 0 Å². The minimum Gasteiger partial charge on any atom is -0.402 e. The van der Waals surface area contributed by atoms with Crippen LogP contribution < -0.4 is 11.5 Å². The molecule has 0 fully saturated rings. The van der Waals surface area contributed by atoms with Crippen LogP contribution in [-0.4, -0.2) is 0 Å². The lowest BCUT2D eigenvalue weighted by Gasteiger charge is -2.07. The van der Waals surface area contributed by atoms with Crippen molar-refractivity contribution in [2.24, 2.45) is 23.3 Å². The molecule has 0 aliphatic rings. The van der Waals surface area contributed by atoms with Gasteiger partial charge in [-0.15, -0.1) is 0 Å². The Balaban J connectivity index is 2.80. The Morgan fingerprint density at radius 2 is 1.58 bits per heavy atom. The lowest BCUT2D eigenvalue weighted by atomic mass is 10.0. The molecule has 0 radical (unpaired) electrons. The average Bonchev–Trinajstić information content (AvgIpc) is 2.35. The summed E-state index contributed by atoms with van der Waals surface area (Å²) < 4.78 is 0. The Labute approximate surface area is 117 Å². The molecule has 0 aromatic heterocycles. The molecular formula is C17H26N2. The highest BCUT2D eigenvalue weighted by molar-refractivity contribution is 5.64. The van der Waals surface area contributed by atoms with E-state index in [0.717, 1.165) is 23.4 Å². The van der Waals surface area contributed by atoms with Crippen molar-refractivity contribution in [3.05, 3.63) is 53.2 Å². The molecule has 0 saturated carbocycles. The Morgan fingerprint density at radius 3 is 2.05 bits per heavy atom. The maximum absolute atomic E-state index is 6.06. The second-order valence-corrected chi connectivity index (χ2v) is 5.74. The van der Waals surface area contributed by atoms with Crippen LogP contribution in [0, 0.1) is 11.8 Å². The third kappa shape index (κ3) is 5.21. The molecule has 0 saturated heterocycles. The van der Waals surface area contributed by atoms with Gasteiger partial charge in [0.1, 0.15) is 0 Å². The topological polar surface area (TPSA) is 52.0 Å². The standard InChI is InChI=1S/C17H26N2/c1-12(2)11-14-5-7-15(8-6-14)17(19)10-9-16(18)13(3)4/h5-10,12-13H,11,18-19H2,1-4H3/b16-9-,17-10-. The summed E-state index contributed by atoms with van der Waals surface area (Å²) in [5, 5.41) is 0. The molecule has 0 amide bonds. The maximum atomic E-state index is 6.06. The molecule has 0 aliphatic carbocycles. The first-order valence-electron chi connectivity index (χ1n) is 6.92. The molecule has 0 unspecified atom stereocenters. The van der Waals surface area contributed by atoms with Gasteiger partial charge in [-0.05, 0) is 41.5 Å². The number of hydrogen-bond donors (Lipinski definition) is 2. The quantitative estimate of drug-likeness (QED) is 0.791. The van der Waals surface area contributed by atoms with Crippen molar-refractivity contribution in [3.8, 4) is 0 Å². The zero-order valence-corrected chi connectivity index (χ0v) is 12.5. The Morgan fingerprint density at radius 1 is 1.00 bits per heavy atom. The molecule has 4 N–H and O–H groups in total. The van der Waals surface area contributed by atoms with Crippen LogP contribution in [0.5, 0.6) is 0 Å². The zero-order valence-electron chi connectivity index (χ0n) is 12.5. The number of rotatable bonds is 5. The van der Waals surface area contributed by atoms with Gasteiger partial charge < -0.3 is 11.5 Å². The van der Waals surface area contributed by atoms with Crippen molar-refractivity contribution in [1.82, 2.24) is 0 Å². The van der Waals surface area contributed by atoms with Gasteiger partial charge in [0.15, 0.2) is 0 Å². The minimum atomic E-state index is 0.345. The molecule has 2 nitrogen and oxygen atoms in total. The van der Waals surface area contributed by atoms with Crippen molar-refractivity contribution >= 4 is 5.70 Å². The summed E-state index contributed by atoms with van der Waals surface area (Å²) in [5.41, 5.74) is 15.9. The average molecular weight is 258 g/mol. The van der Waals surface area contributed by atoms with E-state index >= 15 is 0 Å². The van der Waals surface area contributed by atoms with Crippen molar-refractivity contribution < 1.29 is 0 Å². The Hall–Kier alpha value is -1.70. The summed E-state index contributed by atoms with van der Waals surface area (Å²) in [5.74, 6) is 1.02. The lowest BCUT2D eigenvalue weighted by molar-refractivity contribution is 0.647. The summed E-state index contributed by atoms with van der Waals surface area (Å²) in [6.07, 6.45) is 4.87. The van der Waals surface area contributed by atoms with Gasteiger partial charge >= 0.3 is 0 Å². The van der Waals surface area contributed by atoms with E-state index in [2.05, 4.69) is 52.0 Å². The molecule has 0 bridgehead atoms. The van der Waals surface area contributed by atoms with Crippen LogP contribution in [0.3, 0.4) is 0 Å². The van der Waals surface area contributed by atoms with Gasteiger partial charge in [-0.25, -0.2) is 0 Å². The van der Waals surface area contributed by atoms with E-state index in [4.69, 9.17) is 11.5 Å². The first-order valence-corrected chi connectivity index (χ1v) is 6.92. The predicted octanol–water partition coefficient (Wildman–Crippen LogP) is 3.68. The second kappa shape index (κ2) is 7.03. The van der Waals surface area contributed by atoms with Crippen LogP contribution >= 0.6 is 0 Å². The van der Waals surface area contributed by atoms with E-state index in [1.807, 2.05) is 12.2 Å². The normalized spacial score (nSPS) is 13.4. The molecular weight excluding hydrogens is 232 g/mol. The summed E-state index contributed by atoms with van der Waals surface area (Å²) in [6.45, 7) is 8.58. The molecule has 0 aliphatic heterocycles. The Kier molecular flexibility index (Phi) is 5.68. The van der Waals surface area contributed by atoms with Crippen LogP contribution in [0.2, 0.25) is 0 Å². The molecule has 0 spiro atoms. The van der Waals surface area contributed by atoms with Crippen LogP contribution in [0.1, 0.15) is 38.8 Å². The van der Waals surface area contributed by atoms with Crippen LogP contribution in [0.4, 0.5) is 0 Å². The molecule has 0 atom stereocenters. The number of allylic oxidation sites excluding steroid dienone is 3. The summed E-state index contributed by atoms with van der Waals surface area (Å²) in [7, 11) is 0. The van der Waals surface area contributed by atoms with E-state index < -0.39 is 0 Å². The number of hydrogen-bond acceptors (Lipinski definition) is 2. The third-order valence-corrected chi connectivity index (χ3v) is 3.05. The van der Waals surface area contributed by atoms with Gasteiger partial charge in [-0.2, -0.15) is 0 Å². The smallest absolute Gasteiger partial charge is 0.0388 e. The highest BCUT2D eigenvalue weighted by Crippen LogP contribution is 2.14. The Bertz CT molecular complexity index is 451. The van der Waals surface area contributed by atoms with Crippen molar-refractivity contribution in [3.63, 3.8) is 0 Å². The van der Waals surface area contributed by atoms with Gasteiger partial charge in [0.25, 0.3) is 0 Å². The first kappa shape index (κ1) is 15.4. The highest BCUT2D eigenvalue weighted by Gasteiger charge is 2.00. The molecule has 104 valence electrons. The highest BCUT2D eigenvalue weighted by atomic mass is 14.6. The van der Waals surface area contributed by atoms with Crippen molar-refractivity contribution in [1.29, 1.82) is 0 Å². The molecule has 1 aromatic rings. The fourth-order valence-electron chi connectivity index (χ4n) is 1.78. The lowest BCUT2D eigenvalue weighted by Crippen LogP contribution is -2.04. The van der Waals surface area contributed by atoms with Gasteiger partial charge in [0, 0.05) is 11.4 Å². The predicted molar refractivity (Wildman–Crippen MR) is 84.3 cm³/mol. The maximum Gasteiger partial charge on any atom is 0.0388 e. The van der Waals surface area contributed by atoms with E-state index in [1.165, 1.54) is 5.56 Å². The molecule has 19 heavy (non-hydrogen) atoms. The van der Waals surface area contributed by atoms with Crippen LogP contribution in [0.15, 0.2) is 42.1 Å². The molecule has 2 heteroatoms. The van der Waals surface area contributed by atoms with E-state index in [-0.39, 0.29) is 0 Å². The zero-order chi connectivity index (χ0) is 14.4. The third-order valence-electron chi connectivity index (χ3n) is 3.05. The first-order chi connectivity index (χ1) is 8.90. The van der Waals surface area contributed by atoms with Crippen molar-refractivity contribution in [2.45, 2.75) is 34.1 Å². The van der Waals surface area contributed by atoms with Gasteiger partial charge in [0.05, 0.1) is 0 Å². The molecule has 1 aromatic carbocycles. The fraction of sp³-hybridized carbons (Fsp3) is 0.412. The molecule has 0 heterocycles. The van der Waals surface area contributed by atoms with Crippen LogP contribution in [0.25, 0.3) is 5.70 Å². The number of benzene rings is 1.